The maximum absolute atomic E-state index is 13.4. The van der Waals surface area contributed by atoms with Crippen LogP contribution in [0.1, 0.15) is 10.5 Å². The number of carbonyl (C=O) groups excluding carboxylic acids is 1. The number of amides is 1. The van der Waals surface area contributed by atoms with Crippen LogP contribution in [-0.4, -0.2) is 20.8 Å². The number of nitro benzene ring substituents is 1. The van der Waals surface area contributed by atoms with Crippen molar-refractivity contribution in [3.63, 3.8) is 0 Å². The van der Waals surface area contributed by atoms with Crippen molar-refractivity contribution in [1.29, 1.82) is 0 Å². The van der Waals surface area contributed by atoms with Crippen LogP contribution < -0.4 is 11.1 Å². The van der Waals surface area contributed by atoms with Crippen LogP contribution in [0.5, 0.6) is 0 Å². The molecule has 0 aliphatic rings. The summed E-state index contributed by atoms with van der Waals surface area (Å²) in [5.74, 6) is -1.64. The first-order valence-electron chi connectivity index (χ1n) is 5.30. The Morgan fingerprint density at radius 1 is 1.40 bits per heavy atom. The summed E-state index contributed by atoms with van der Waals surface area (Å²) in [6, 6.07) is 3.00. The lowest BCUT2D eigenvalue weighted by Crippen LogP contribution is -2.15. The molecule has 1 heterocycles. The minimum absolute atomic E-state index is 0.0521. The Balaban J connectivity index is 2.20. The van der Waals surface area contributed by atoms with E-state index >= 15 is 0 Å². The Labute approximate surface area is 111 Å². The number of hydrogen-bond donors (Lipinski definition) is 2. The van der Waals surface area contributed by atoms with E-state index in [2.05, 4.69) is 15.3 Å². The molecule has 0 saturated carbocycles. The lowest BCUT2D eigenvalue weighted by molar-refractivity contribution is -0.387. The van der Waals surface area contributed by atoms with E-state index in [9.17, 15) is 19.3 Å². The second kappa shape index (κ2) is 5.26. The van der Waals surface area contributed by atoms with Crippen LogP contribution >= 0.6 is 0 Å². The molecule has 2 rings (SSSR count). The Morgan fingerprint density at radius 3 is 2.75 bits per heavy atom. The molecule has 1 aromatic heterocycles. The summed E-state index contributed by atoms with van der Waals surface area (Å²) < 4.78 is 13.4. The van der Waals surface area contributed by atoms with Gasteiger partial charge in [-0.3, -0.25) is 19.9 Å². The molecule has 0 aliphatic heterocycles. The molecule has 102 valence electrons. The van der Waals surface area contributed by atoms with E-state index in [4.69, 9.17) is 5.73 Å². The molecule has 0 unspecified atom stereocenters. The number of nitrogens with zero attached hydrogens (tertiary/aromatic N) is 3. The molecule has 1 aromatic carbocycles. The lowest BCUT2D eigenvalue weighted by Gasteiger charge is -2.05. The molecular formula is C11H8FN5O3. The molecule has 0 fully saturated rings. The van der Waals surface area contributed by atoms with E-state index < -0.39 is 22.3 Å². The average Bonchev–Trinajstić information content (AvgIpc) is 2.38. The van der Waals surface area contributed by atoms with Gasteiger partial charge in [0.2, 0.25) is 5.82 Å². The summed E-state index contributed by atoms with van der Waals surface area (Å²) >= 11 is 0. The number of nitrogen functional groups attached to an aromatic ring is 1. The Hall–Kier alpha value is -3.10. The van der Waals surface area contributed by atoms with Gasteiger partial charge in [0, 0.05) is 17.8 Å². The van der Waals surface area contributed by atoms with E-state index in [0.29, 0.717) is 0 Å². The molecule has 20 heavy (non-hydrogen) atoms. The third-order valence-electron chi connectivity index (χ3n) is 2.29. The number of anilines is 2. The van der Waals surface area contributed by atoms with Crippen molar-refractivity contribution < 1.29 is 14.1 Å². The number of carbonyl (C=O) groups is 1. The van der Waals surface area contributed by atoms with E-state index in [1.165, 1.54) is 18.5 Å². The van der Waals surface area contributed by atoms with Crippen molar-refractivity contribution in [3.05, 3.63) is 52.2 Å². The molecule has 0 bridgehead atoms. The summed E-state index contributed by atoms with van der Waals surface area (Å²) in [4.78, 5) is 28.8. The molecule has 0 aliphatic carbocycles. The fraction of sp³-hybridized carbons (Fsp3) is 0. The number of halogens is 1. The van der Waals surface area contributed by atoms with Crippen molar-refractivity contribution in [2.75, 3.05) is 11.1 Å². The van der Waals surface area contributed by atoms with Crippen molar-refractivity contribution in [3.8, 4) is 0 Å². The third-order valence-corrected chi connectivity index (χ3v) is 2.29. The number of nitrogens with one attached hydrogen (secondary N) is 1. The van der Waals surface area contributed by atoms with Gasteiger partial charge in [-0.1, -0.05) is 0 Å². The van der Waals surface area contributed by atoms with Gasteiger partial charge in [0.05, 0.1) is 17.3 Å². The largest absolute Gasteiger partial charge is 0.382 e. The first-order chi connectivity index (χ1) is 9.47. The number of benzene rings is 1. The van der Waals surface area contributed by atoms with Crippen LogP contribution in [0.2, 0.25) is 0 Å². The van der Waals surface area contributed by atoms with Gasteiger partial charge in [0.25, 0.3) is 5.91 Å². The third kappa shape index (κ3) is 2.83. The predicted octanol–water partition coefficient (Wildman–Crippen LogP) is 1.36. The quantitative estimate of drug-likeness (QED) is 0.644. The van der Waals surface area contributed by atoms with E-state index in [1.54, 1.807) is 0 Å². The highest BCUT2D eigenvalue weighted by molar-refractivity contribution is 6.02. The highest BCUT2D eigenvalue weighted by Gasteiger charge is 2.15. The molecule has 1 amide bonds. The summed E-state index contributed by atoms with van der Waals surface area (Å²) in [6.45, 7) is 0. The zero-order valence-electron chi connectivity index (χ0n) is 9.91. The maximum atomic E-state index is 13.4. The minimum atomic E-state index is -1.05. The standard InChI is InChI=1S/C11H8FN5O3/c12-7-3-6(1-2-9(7)17(19)20)15-11(18)8-4-14-5-10(13)16-8/h1-5H,(H2,13,16)(H,15,18). The number of hydrogen-bond acceptors (Lipinski definition) is 6. The smallest absolute Gasteiger partial charge is 0.304 e. The van der Waals surface area contributed by atoms with E-state index in [-0.39, 0.29) is 17.2 Å². The summed E-state index contributed by atoms with van der Waals surface area (Å²) in [5, 5.41) is 12.8. The monoisotopic (exact) mass is 277 g/mol. The van der Waals surface area contributed by atoms with Crippen molar-refractivity contribution >= 4 is 23.1 Å². The van der Waals surface area contributed by atoms with Gasteiger partial charge in [-0.15, -0.1) is 0 Å². The van der Waals surface area contributed by atoms with Crippen LogP contribution in [0.25, 0.3) is 0 Å². The second-order valence-electron chi connectivity index (χ2n) is 3.71. The Kier molecular flexibility index (Phi) is 3.51. The molecular weight excluding hydrogens is 269 g/mol. The van der Waals surface area contributed by atoms with Gasteiger partial charge < -0.3 is 11.1 Å². The zero-order chi connectivity index (χ0) is 14.7. The van der Waals surface area contributed by atoms with Gasteiger partial charge in [0.1, 0.15) is 11.5 Å². The molecule has 3 N–H and O–H groups in total. The number of rotatable bonds is 3. The van der Waals surface area contributed by atoms with Gasteiger partial charge in [-0.05, 0) is 6.07 Å². The van der Waals surface area contributed by atoms with Gasteiger partial charge in [-0.25, -0.2) is 4.98 Å². The molecule has 0 spiro atoms. The Morgan fingerprint density at radius 2 is 2.15 bits per heavy atom. The van der Waals surface area contributed by atoms with Crippen LogP contribution in [0, 0.1) is 15.9 Å². The first-order valence-corrected chi connectivity index (χ1v) is 5.30. The fourth-order valence-corrected chi connectivity index (χ4v) is 1.42. The van der Waals surface area contributed by atoms with Crippen molar-refractivity contribution in [1.82, 2.24) is 9.97 Å². The van der Waals surface area contributed by atoms with Gasteiger partial charge in [-0.2, -0.15) is 4.39 Å². The number of aromatic nitrogens is 2. The molecule has 9 heteroatoms. The highest BCUT2D eigenvalue weighted by atomic mass is 19.1. The summed E-state index contributed by atoms with van der Waals surface area (Å²) in [5.41, 5.74) is 4.71. The van der Waals surface area contributed by atoms with E-state index in [0.717, 1.165) is 12.1 Å². The molecule has 2 aromatic rings. The molecule has 8 nitrogen and oxygen atoms in total. The second-order valence-corrected chi connectivity index (χ2v) is 3.71. The normalized spacial score (nSPS) is 10.1. The topological polar surface area (TPSA) is 124 Å². The molecule has 0 radical (unpaired) electrons. The minimum Gasteiger partial charge on any atom is -0.382 e. The fourth-order valence-electron chi connectivity index (χ4n) is 1.42. The van der Waals surface area contributed by atoms with Gasteiger partial charge in [0.15, 0.2) is 0 Å². The van der Waals surface area contributed by atoms with Crippen LogP contribution in [-0.2, 0) is 0 Å². The summed E-state index contributed by atoms with van der Waals surface area (Å²) in [6.07, 6.45) is 2.45. The number of nitrogens with two attached hydrogens (primary N) is 1. The maximum Gasteiger partial charge on any atom is 0.304 e. The van der Waals surface area contributed by atoms with Crippen molar-refractivity contribution in [2.45, 2.75) is 0 Å². The summed E-state index contributed by atoms with van der Waals surface area (Å²) in [7, 11) is 0. The lowest BCUT2D eigenvalue weighted by atomic mass is 10.2. The van der Waals surface area contributed by atoms with Gasteiger partial charge >= 0.3 is 5.69 Å². The molecule has 0 atom stereocenters. The van der Waals surface area contributed by atoms with Crippen molar-refractivity contribution in [2.24, 2.45) is 0 Å². The van der Waals surface area contributed by atoms with E-state index in [1.807, 2.05) is 0 Å². The van der Waals surface area contributed by atoms with Crippen LogP contribution in [0.4, 0.5) is 21.6 Å². The predicted molar refractivity (Wildman–Crippen MR) is 67.5 cm³/mol. The SMILES string of the molecule is Nc1cncc(C(=O)Nc2ccc([N+](=O)[O-])c(F)c2)n1. The number of nitro groups is 1. The Bertz CT molecular complexity index is 692. The zero-order valence-corrected chi connectivity index (χ0v) is 9.91. The average molecular weight is 277 g/mol. The first kappa shape index (κ1) is 13.3. The highest BCUT2D eigenvalue weighted by Crippen LogP contribution is 2.21. The van der Waals surface area contributed by atoms with Crippen LogP contribution in [0.3, 0.4) is 0 Å². The van der Waals surface area contributed by atoms with Crippen LogP contribution in [0.15, 0.2) is 30.6 Å². The molecule has 0 saturated heterocycles.